The second-order valence-corrected chi connectivity index (χ2v) is 3.42. The lowest BCUT2D eigenvalue weighted by atomic mass is 10.1. The van der Waals surface area contributed by atoms with Gasteiger partial charge in [-0.2, -0.15) is 0 Å². The number of rotatable bonds is 3. The lowest BCUT2D eigenvalue weighted by molar-refractivity contribution is -0.131. The van der Waals surface area contributed by atoms with Crippen molar-refractivity contribution in [1.82, 2.24) is 0 Å². The van der Waals surface area contributed by atoms with E-state index in [1.807, 2.05) is 0 Å². The molecular formula is C10H8ClFO4. The summed E-state index contributed by atoms with van der Waals surface area (Å²) in [5.74, 6) is -3.70. The number of ether oxygens (including phenoxy) is 1. The Morgan fingerprint density at radius 2 is 2.06 bits per heavy atom. The van der Waals surface area contributed by atoms with Crippen LogP contribution < -0.4 is 4.74 Å². The van der Waals surface area contributed by atoms with Crippen molar-refractivity contribution in [3.63, 3.8) is 0 Å². The number of carboxylic acid groups (broad SMARTS) is 1. The first kappa shape index (κ1) is 12.4. The molecule has 1 aromatic carbocycles. The van der Waals surface area contributed by atoms with E-state index in [1.165, 1.54) is 14.0 Å². The number of hydrogen-bond acceptors (Lipinski definition) is 3. The Labute approximate surface area is 95.6 Å². The number of ketones is 1. The molecule has 4 nitrogen and oxygen atoms in total. The fraction of sp³-hybridized carbons (Fsp3) is 0.200. The number of carbonyl (C=O) groups excluding carboxylic acids is 1. The van der Waals surface area contributed by atoms with Gasteiger partial charge in [-0.15, -0.1) is 0 Å². The first-order valence-electron chi connectivity index (χ1n) is 4.20. The van der Waals surface area contributed by atoms with E-state index in [1.54, 1.807) is 0 Å². The van der Waals surface area contributed by atoms with Crippen LogP contribution >= 0.6 is 11.6 Å². The largest absolute Gasteiger partial charge is 0.496 e. The van der Waals surface area contributed by atoms with Gasteiger partial charge in [0.25, 0.3) is 5.78 Å². The molecule has 0 saturated heterocycles. The zero-order chi connectivity index (χ0) is 12.5. The maximum Gasteiger partial charge on any atom is 0.377 e. The number of Topliss-reactive ketones (excluding diaryl/α,β-unsaturated/α-hetero) is 1. The first-order chi connectivity index (χ1) is 7.40. The van der Waals surface area contributed by atoms with Crippen LogP contribution in [0.1, 0.15) is 15.9 Å². The molecule has 86 valence electrons. The molecule has 6 heteroatoms. The van der Waals surface area contributed by atoms with Crippen molar-refractivity contribution >= 4 is 23.4 Å². The highest BCUT2D eigenvalue weighted by molar-refractivity contribution is 6.41. The Hall–Kier alpha value is -1.62. The maximum absolute atomic E-state index is 13.4. The Kier molecular flexibility index (Phi) is 3.49. The highest BCUT2D eigenvalue weighted by Crippen LogP contribution is 2.31. The van der Waals surface area contributed by atoms with Gasteiger partial charge in [-0.1, -0.05) is 11.6 Å². The monoisotopic (exact) mass is 246 g/mol. The molecule has 0 aliphatic rings. The number of aliphatic carboxylic acids is 1. The molecule has 0 aliphatic carbocycles. The van der Waals surface area contributed by atoms with Gasteiger partial charge in [-0.3, -0.25) is 4.79 Å². The van der Waals surface area contributed by atoms with E-state index in [2.05, 4.69) is 0 Å². The highest BCUT2D eigenvalue weighted by atomic mass is 35.5. The predicted molar refractivity (Wildman–Crippen MR) is 54.7 cm³/mol. The second-order valence-electron chi connectivity index (χ2n) is 3.01. The minimum absolute atomic E-state index is 0.000370. The fourth-order valence-electron chi connectivity index (χ4n) is 1.28. The van der Waals surface area contributed by atoms with Crippen molar-refractivity contribution in [3.8, 4) is 5.75 Å². The van der Waals surface area contributed by atoms with Crippen molar-refractivity contribution in [2.24, 2.45) is 0 Å². The van der Waals surface area contributed by atoms with Crippen LogP contribution in [0, 0.1) is 12.7 Å². The van der Waals surface area contributed by atoms with E-state index < -0.39 is 17.6 Å². The van der Waals surface area contributed by atoms with Gasteiger partial charge in [0.15, 0.2) is 0 Å². The van der Waals surface area contributed by atoms with Crippen molar-refractivity contribution in [3.05, 3.63) is 28.0 Å². The van der Waals surface area contributed by atoms with Crippen molar-refractivity contribution in [2.45, 2.75) is 6.92 Å². The van der Waals surface area contributed by atoms with Gasteiger partial charge in [-0.05, 0) is 13.0 Å². The van der Waals surface area contributed by atoms with Gasteiger partial charge in [0.2, 0.25) is 0 Å². The number of hydrogen-bond donors (Lipinski definition) is 1. The summed E-state index contributed by atoms with van der Waals surface area (Å²) in [5, 5.41) is 8.25. The van der Waals surface area contributed by atoms with Crippen LogP contribution in [-0.4, -0.2) is 24.0 Å². The van der Waals surface area contributed by atoms with E-state index >= 15 is 0 Å². The molecule has 0 unspecified atom stereocenters. The van der Waals surface area contributed by atoms with Crippen LogP contribution in [0.25, 0.3) is 0 Å². The SMILES string of the molecule is COc1c(C(=O)C(=O)O)cc(Cl)c(F)c1C. The zero-order valence-electron chi connectivity index (χ0n) is 8.51. The van der Waals surface area contributed by atoms with E-state index in [0.29, 0.717) is 0 Å². The summed E-state index contributed by atoms with van der Waals surface area (Å²) in [6.45, 7) is 1.35. The summed E-state index contributed by atoms with van der Waals surface area (Å²) in [6.07, 6.45) is 0. The molecule has 1 N–H and O–H groups in total. The fourth-order valence-corrected chi connectivity index (χ4v) is 1.53. The second kappa shape index (κ2) is 4.49. The Morgan fingerprint density at radius 1 is 1.50 bits per heavy atom. The summed E-state index contributed by atoms with van der Waals surface area (Å²) in [6, 6.07) is 0.944. The van der Waals surface area contributed by atoms with Crippen molar-refractivity contribution < 1.29 is 23.8 Å². The molecule has 0 heterocycles. The van der Waals surface area contributed by atoms with E-state index in [0.717, 1.165) is 6.07 Å². The van der Waals surface area contributed by atoms with Gasteiger partial charge >= 0.3 is 5.97 Å². The molecule has 0 aliphatic heterocycles. The van der Waals surface area contributed by atoms with Gasteiger partial charge in [0, 0.05) is 5.56 Å². The number of carboxylic acids is 1. The minimum atomic E-state index is -1.65. The molecule has 0 atom stereocenters. The van der Waals surface area contributed by atoms with Crippen molar-refractivity contribution in [2.75, 3.05) is 7.11 Å². The summed E-state index contributed by atoms with van der Waals surface area (Å²) >= 11 is 5.52. The molecule has 0 radical (unpaired) electrons. The van der Waals surface area contributed by atoms with Crippen LogP contribution in [0.5, 0.6) is 5.75 Å². The van der Waals surface area contributed by atoms with Crippen LogP contribution in [0.2, 0.25) is 5.02 Å². The third kappa shape index (κ3) is 1.99. The van der Waals surface area contributed by atoms with Gasteiger partial charge in [-0.25, -0.2) is 9.18 Å². The number of benzene rings is 1. The zero-order valence-corrected chi connectivity index (χ0v) is 9.26. The number of carbonyl (C=O) groups is 2. The smallest absolute Gasteiger partial charge is 0.377 e. The molecule has 0 amide bonds. The molecule has 16 heavy (non-hydrogen) atoms. The molecule has 0 fully saturated rings. The minimum Gasteiger partial charge on any atom is -0.496 e. The normalized spacial score (nSPS) is 10.0. The van der Waals surface area contributed by atoms with Gasteiger partial charge in [0.1, 0.15) is 11.6 Å². The lowest BCUT2D eigenvalue weighted by Crippen LogP contribution is -2.15. The van der Waals surface area contributed by atoms with Crippen LogP contribution in [-0.2, 0) is 4.79 Å². The number of methoxy groups -OCH3 is 1. The van der Waals surface area contributed by atoms with Crippen LogP contribution in [0.15, 0.2) is 6.07 Å². The van der Waals surface area contributed by atoms with Crippen LogP contribution in [0.4, 0.5) is 4.39 Å². The Morgan fingerprint density at radius 3 is 2.50 bits per heavy atom. The summed E-state index contributed by atoms with van der Waals surface area (Å²) in [5.41, 5.74) is -0.265. The summed E-state index contributed by atoms with van der Waals surface area (Å²) in [4.78, 5) is 21.8. The Bertz CT molecular complexity index is 470. The quantitative estimate of drug-likeness (QED) is 0.655. The van der Waals surface area contributed by atoms with E-state index in [4.69, 9.17) is 21.4 Å². The average molecular weight is 247 g/mol. The average Bonchev–Trinajstić information content (AvgIpc) is 2.24. The molecule has 1 aromatic rings. The molecule has 0 saturated carbocycles. The standard InChI is InChI=1S/C10H8ClFO4/c1-4-7(12)6(11)3-5(9(4)16-2)8(13)10(14)15/h3H,1-2H3,(H,14,15). The third-order valence-corrected chi connectivity index (χ3v) is 2.31. The van der Waals surface area contributed by atoms with E-state index in [9.17, 15) is 14.0 Å². The highest BCUT2D eigenvalue weighted by Gasteiger charge is 2.24. The van der Waals surface area contributed by atoms with E-state index in [-0.39, 0.29) is 21.9 Å². The molecule has 0 aromatic heterocycles. The van der Waals surface area contributed by atoms with Crippen molar-refractivity contribution in [1.29, 1.82) is 0 Å². The predicted octanol–water partition coefficient (Wildman–Crippen LogP) is 2.06. The van der Waals surface area contributed by atoms with Crippen LogP contribution in [0.3, 0.4) is 0 Å². The third-order valence-electron chi connectivity index (χ3n) is 2.04. The summed E-state index contributed by atoms with van der Waals surface area (Å²) in [7, 11) is 1.22. The molecule has 0 spiro atoms. The lowest BCUT2D eigenvalue weighted by Gasteiger charge is -2.10. The molecular weight excluding hydrogens is 239 g/mol. The Balaban J connectivity index is 3.51. The molecule has 1 rings (SSSR count). The summed E-state index contributed by atoms with van der Waals surface area (Å²) < 4.78 is 18.2. The first-order valence-corrected chi connectivity index (χ1v) is 4.58. The molecule has 0 bridgehead atoms. The topological polar surface area (TPSA) is 63.6 Å². The number of halogens is 2. The van der Waals surface area contributed by atoms with Gasteiger partial charge in [0.05, 0.1) is 17.7 Å². The maximum atomic E-state index is 13.4. The van der Waals surface area contributed by atoms with Gasteiger partial charge < -0.3 is 9.84 Å².